The van der Waals surface area contributed by atoms with Gasteiger partial charge in [-0.3, -0.25) is 0 Å². The van der Waals surface area contributed by atoms with Crippen molar-refractivity contribution in [2.75, 3.05) is 6.54 Å². The molecule has 1 N–H and O–H groups in total. The molecule has 1 aliphatic carbocycles. The van der Waals surface area contributed by atoms with Crippen LogP contribution in [0.3, 0.4) is 0 Å². The van der Waals surface area contributed by atoms with Gasteiger partial charge in [0.05, 0.1) is 12.5 Å². The van der Waals surface area contributed by atoms with Crippen LogP contribution in [0.25, 0.3) is 0 Å². The minimum Gasteiger partial charge on any atom is -0.309 e. The van der Waals surface area contributed by atoms with Gasteiger partial charge in [0, 0.05) is 6.04 Å². The van der Waals surface area contributed by atoms with E-state index >= 15 is 0 Å². The molecule has 1 fully saturated rings. The molecule has 0 bridgehead atoms. The van der Waals surface area contributed by atoms with E-state index in [0.29, 0.717) is 6.42 Å². The van der Waals surface area contributed by atoms with E-state index in [9.17, 15) is 0 Å². The van der Waals surface area contributed by atoms with Gasteiger partial charge in [-0.15, -0.1) is 0 Å². The SMILES string of the molecule is CC(CNC(CC#N)c1ccccc1)C1CC1. The summed E-state index contributed by atoms with van der Waals surface area (Å²) in [6, 6.07) is 12.7. The number of hydrogen-bond acceptors (Lipinski definition) is 2. The fourth-order valence-corrected chi connectivity index (χ4v) is 2.24. The van der Waals surface area contributed by atoms with Crippen LogP contribution in [0.5, 0.6) is 0 Å². The van der Waals surface area contributed by atoms with Gasteiger partial charge in [0.25, 0.3) is 0 Å². The van der Waals surface area contributed by atoms with Crippen molar-refractivity contribution in [2.45, 2.75) is 32.2 Å². The molecule has 2 atom stereocenters. The molecular weight excluding hydrogens is 208 g/mol. The number of rotatable bonds is 6. The Balaban J connectivity index is 1.90. The molecule has 1 saturated carbocycles. The van der Waals surface area contributed by atoms with E-state index < -0.39 is 0 Å². The summed E-state index contributed by atoms with van der Waals surface area (Å²) >= 11 is 0. The molecule has 0 aliphatic heterocycles. The van der Waals surface area contributed by atoms with E-state index in [1.807, 2.05) is 18.2 Å². The molecule has 0 amide bonds. The summed E-state index contributed by atoms with van der Waals surface area (Å²) in [5.74, 6) is 1.65. The zero-order valence-electron chi connectivity index (χ0n) is 10.4. The van der Waals surface area contributed by atoms with Crippen LogP contribution in [0.1, 0.15) is 37.8 Å². The van der Waals surface area contributed by atoms with Gasteiger partial charge in [-0.2, -0.15) is 5.26 Å². The van der Waals surface area contributed by atoms with Crippen molar-refractivity contribution < 1.29 is 0 Å². The maximum atomic E-state index is 8.89. The second-order valence-corrected chi connectivity index (χ2v) is 5.05. The lowest BCUT2D eigenvalue weighted by Gasteiger charge is -2.19. The van der Waals surface area contributed by atoms with Crippen LogP contribution >= 0.6 is 0 Å². The lowest BCUT2D eigenvalue weighted by Crippen LogP contribution is -2.27. The summed E-state index contributed by atoms with van der Waals surface area (Å²) in [7, 11) is 0. The number of nitriles is 1. The van der Waals surface area contributed by atoms with Gasteiger partial charge in [0.2, 0.25) is 0 Å². The van der Waals surface area contributed by atoms with Crippen molar-refractivity contribution in [3.8, 4) is 6.07 Å². The number of benzene rings is 1. The third-order valence-electron chi connectivity index (χ3n) is 3.61. The van der Waals surface area contributed by atoms with Crippen molar-refractivity contribution in [3.63, 3.8) is 0 Å². The summed E-state index contributed by atoms with van der Waals surface area (Å²) < 4.78 is 0. The topological polar surface area (TPSA) is 35.8 Å². The largest absolute Gasteiger partial charge is 0.309 e. The van der Waals surface area contributed by atoms with Crippen LogP contribution in [0, 0.1) is 23.2 Å². The molecule has 1 aliphatic rings. The Morgan fingerprint density at radius 2 is 2.06 bits per heavy atom. The average Bonchev–Trinajstić information content (AvgIpc) is 3.19. The lowest BCUT2D eigenvalue weighted by atomic mass is 10.0. The van der Waals surface area contributed by atoms with Gasteiger partial charge >= 0.3 is 0 Å². The highest BCUT2D eigenvalue weighted by Gasteiger charge is 2.28. The normalized spacial score (nSPS) is 18.4. The summed E-state index contributed by atoms with van der Waals surface area (Å²) in [6.45, 7) is 3.32. The Morgan fingerprint density at radius 3 is 2.65 bits per heavy atom. The van der Waals surface area contributed by atoms with Crippen LogP contribution < -0.4 is 5.32 Å². The minimum atomic E-state index is 0.183. The van der Waals surface area contributed by atoms with Gasteiger partial charge < -0.3 is 5.32 Å². The second-order valence-electron chi connectivity index (χ2n) is 5.05. The van der Waals surface area contributed by atoms with Gasteiger partial charge in [0.15, 0.2) is 0 Å². The highest BCUT2D eigenvalue weighted by Crippen LogP contribution is 2.36. The van der Waals surface area contributed by atoms with Gasteiger partial charge in [-0.25, -0.2) is 0 Å². The summed E-state index contributed by atoms with van der Waals surface area (Å²) in [5, 5.41) is 12.4. The Hall–Kier alpha value is -1.33. The average molecular weight is 228 g/mol. The number of nitrogens with zero attached hydrogens (tertiary/aromatic N) is 1. The zero-order valence-corrected chi connectivity index (χ0v) is 10.4. The molecule has 0 spiro atoms. The van der Waals surface area contributed by atoms with E-state index in [4.69, 9.17) is 5.26 Å². The van der Waals surface area contributed by atoms with Crippen LogP contribution in [0.4, 0.5) is 0 Å². The molecule has 2 nitrogen and oxygen atoms in total. The molecule has 0 radical (unpaired) electrons. The molecule has 0 saturated heterocycles. The van der Waals surface area contributed by atoms with E-state index in [1.165, 1.54) is 18.4 Å². The number of hydrogen-bond donors (Lipinski definition) is 1. The second kappa shape index (κ2) is 5.84. The third-order valence-corrected chi connectivity index (χ3v) is 3.61. The number of nitrogens with one attached hydrogen (secondary N) is 1. The van der Waals surface area contributed by atoms with E-state index in [1.54, 1.807) is 0 Å². The molecular formula is C15H20N2. The molecule has 1 aromatic carbocycles. The van der Waals surface area contributed by atoms with Crippen LogP contribution in [-0.2, 0) is 0 Å². The fraction of sp³-hybridized carbons (Fsp3) is 0.533. The quantitative estimate of drug-likeness (QED) is 0.811. The van der Waals surface area contributed by atoms with E-state index in [-0.39, 0.29) is 6.04 Å². The molecule has 2 heteroatoms. The predicted molar refractivity (Wildman–Crippen MR) is 69.3 cm³/mol. The standard InChI is InChI=1S/C15H20N2/c1-12(13-7-8-13)11-17-15(9-10-16)14-5-3-2-4-6-14/h2-6,12-13,15,17H,7-9,11H2,1H3. The Morgan fingerprint density at radius 1 is 1.35 bits per heavy atom. The molecule has 1 aromatic rings. The monoisotopic (exact) mass is 228 g/mol. The molecule has 0 heterocycles. The first-order valence-electron chi connectivity index (χ1n) is 6.46. The van der Waals surface area contributed by atoms with Gasteiger partial charge in [-0.1, -0.05) is 37.3 Å². The van der Waals surface area contributed by atoms with Gasteiger partial charge in [0.1, 0.15) is 0 Å². The zero-order chi connectivity index (χ0) is 12.1. The maximum absolute atomic E-state index is 8.89. The summed E-state index contributed by atoms with van der Waals surface area (Å²) in [5.41, 5.74) is 1.22. The predicted octanol–water partition coefficient (Wildman–Crippen LogP) is 3.28. The van der Waals surface area contributed by atoms with E-state index in [0.717, 1.165) is 18.4 Å². The maximum Gasteiger partial charge on any atom is 0.0641 e. The van der Waals surface area contributed by atoms with Crippen LogP contribution in [0.2, 0.25) is 0 Å². The first kappa shape index (κ1) is 12.1. The molecule has 90 valence electrons. The highest BCUT2D eigenvalue weighted by atomic mass is 14.9. The van der Waals surface area contributed by atoms with Gasteiger partial charge in [-0.05, 0) is 36.8 Å². The first-order chi connectivity index (χ1) is 8.31. The van der Waals surface area contributed by atoms with E-state index in [2.05, 4.69) is 30.4 Å². The lowest BCUT2D eigenvalue weighted by molar-refractivity contribution is 0.422. The smallest absolute Gasteiger partial charge is 0.0641 e. The molecule has 2 unspecified atom stereocenters. The van der Waals surface area contributed by atoms with Crippen LogP contribution in [-0.4, -0.2) is 6.54 Å². The molecule has 17 heavy (non-hydrogen) atoms. The van der Waals surface area contributed by atoms with Crippen molar-refractivity contribution in [1.29, 1.82) is 5.26 Å². The van der Waals surface area contributed by atoms with Crippen molar-refractivity contribution >= 4 is 0 Å². The fourth-order valence-electron chi connectivity index (χ4n) is 2.24. The Labute approximate surface area is 104 Å². The Bertz CT molecular complexity index is 376. The summed E-state index contributed by atoms with van der Waals surface area (Å²) in [6.07, 6.45) is 3.32. The first-order valence-corrected chi connectivity index (χ1v) is 6.46. The third kappa shape index (κ3) is 3.57. The van der Waals surface area contributed by atoms with Crippen molar-refractivity contribution in [1.82, 2.24) is 5.32 Å². The molecule has 2 rings (SSSR count). The molecule has 0 aromatic heterocycles. The highest BCUT2D eigenvalue weighted by molar-refractivity contribution is 5.19. The van der Waals surface area contributed by atoms with Crippen molar-refractivity contribution in [3.05, 3.63) is 35.9 Å². The minimum absolute atomic E-state index is 0.183. The van der Waals surface area contributed by atoms with Crippen LogP contribution in [0.15, 0.2) is 30.3 Å². The van der Waals surface area contributed by atoms with Crippen molar-refractivity contribution in [2.24, 2.45) is 11.8 Å². The Kier molecular flexibility index (Phi) is 4.17. The summed E-state index contributed by atoms with van der Waals surface area (Å²) in [4.78, 5) is 0.